The molecule has 0 aromatic heterocycles. The van der Waals surface area contributed by atoms with Crippen molar-refractivity contribution in [3.63, 3.8) is 0 Å². The summed E-state index contributed by atoms with van der Waals surface area (Å²) in [5.41, 5.74) is 1.02. The average Bonchev–Trinajstić information content (AvgIpc) is 2.41. The molecular weight excluding hydrogens is 365 g/mol. The van der Waals surface area contributed by atoms with Crippen LogP contribution in [0.3, 0.4) is 0 Å². The molecule has 0 fully saturated rings. The minimum atomic E-state index is -0.639. The molecule has 0 heterocycles. The first-order chi connectivity index (χ1) is 9.56. The summed E-state index contributed by atoms with van der Waals surface area (Å²) in [6.07, 6.45) is 1.44. The van der Waals surface area contributed by atoms with Gasteiger partial charge in [0.1, 0.15) is 0 Å². The number of oxime groups is 1. The number of hydrogen-bond donors (Lipinski definition) is 0. The van der Waals surface area contributed by atoms with Crippen molar-refractivity contribution < 1.29 is 9.63 Å². The maximum atomic E-state index is 11.8. The maximum absolute atomic E-state index is 11.8. The van der Waals surface area contributed by atoms with Crippen LogP contribution in [0.5, 0.6) is 0 Å². The van der Waals surface area contributed by atoms with Crippen LogP contribution in [-0.4, -0.2) is 12.2 Å². The summed E-state index contributed by atoms with van der Waals surface area (Å²) in [6, 6.07) is 11.9. The molecule has 0 bridgehead atoms. The van der Waals surface area contributed by atoms with Crippen LogP contribution in [0, 0.1) is 0 Å². The number of hydrogen-bond acceptors (Lipinski definition) is 3. The van der Waals surface area contributed by atoms with Crippen molar-refractivity contribution >= 4 is 51.3 Å². The van der Waals surface area contributed by atoms with Crippen LogP contribution in [0.4, 0.5) is 0 Å². The Hall–Kier alpha value is -1.36. The van der Waals surface area contributed by atoms with Gasteiger partial charge in [-0.2, -0.15) is 0 Å². The Labute approximate surface area is 134 Å². The molecule has 0 aliphatic carbocycles. The smallest absolute Gasteiger partial charge is 0.313 e. The third-order valence-electron chi connectivity index (χ3n) is 2.36. The van der Waals surface area contributed by atoms with E-state index < -0.39 is 5.97 Å². The van der Waals surface area contributed by atoms with Crippen LogP contribution in [-0.2, 0) is 4.84 Å². The van der Waals surface area contributed by atoms with E-state index in [0.29, 0.717) is 5.02 Å². The van der Waals surface area contributed by atoms with E-state index in [2.05, 4.69) is 21.1 Å². The molecule has 20 heavy (non-hydrogen) atoms. The van der Waals surface area contributed by atoms with E-state index in [4.69, 9.17) is 28.0 Å². The summed E-state index contributed by atoms with van der Waals surface area (Å²) < 4.78 is 0.958. The number of halogens is 3. The van der Waals surface area contributed by atoms with E-state index in [1.165, 1.54) is 18.3 Å². The Morgan fingerprint density at radius 2 is 1.85 bits per heavy atom. The van der Waals surface area contributed by atoms with Gasteiger partial charge in [-0.05, 0) is 35.9 Å². The van der Waals surface area contributed by atoms with Gasteiger partial charge in [-0.15, -0.1) is 0 Å². The molecule has 2 aromatic carbocycles. The van der Waals surface area contributed by atoms with Crippen molar-refractivity contribution in [1.82, 2.24) is 0 Å². The zero-order chi connectivity index (χ0) is 14.5. The summed E-state index contributed by atoms with van der Waals surface area (Å²) >= 11 is 15.0. The number of carbonyl (C=O) groups is 1. The van der Waals surface area contributed by atoms with Crippen molar-refractivity contribution in [3.8, 4) is 0 Å². The summed E-state index contributed by atoms with van der Waals surface area (Å²) in [7, 11) is 0. The largest absolute Gasteiger partial charge is 0.367 e. The van der Waals surface area contributed by atoms with E-state index >= 15 is 0 Å². The molecule has 0 radical (unpaired) electrons. The summed E-state index contributed by atoms with van der Waals surface area (Å²) in [6.45, 7) is 0. The minimum absolute atomic E-state index is 0.212. The van der Waals surface area contributed by atoms with Crippen LogP contribution in [0.2, 0.25) is 10.0 Å². The predicted octanol–water partition coefficient (Wildman–Crippen LogP) is 4.95. The van der Waals surface area contributed by atoms with E-state index in [9.17, 15) is 4.79 Å². The van der Waals surface area contributed by atoms with Gasteiger partial charge in [0.25, 0.3) is 0 Å². The van der Waals surface area contributed by atoms with Gasteiger partial charge in [0, 0.05) is 9.50 Å². The zero-order valence-corrected chi connectivity index (χ0v) is 13.1. The first kappa shape index (κ1) is 15.0. The van der Waals surface area contributed by atoms with Gasteiger partial charge >= 0.3 is 5.97 Å². The van der Waals surface area contributed by atoms with Crippen molar-refractivity contribution in [2.75, 3.05) is 0 Å². The Morgan fingerprint density at radius 1 is 1.15 bits per heavy atom. The molecule has 0 saturated carbocycles. The normalized spacial score (nSPS) is 10.8. The molecule has 102 valence electrons. The maximum Gasteiger partial charge on any atom is 0.367 e. The Morgan fingerprint density at radius 3 is 2.50 bits per heavy atom. The highest BCUT2D eigenvalue weighted by Gasteiger charge is 2.11. The van der Waals surface area contributed by atoms with Crippen LogP contribution < -0.4 is 0 Å². The van der Waals surface area contributed by atoms with Crippen LogP contribution in [0.15, 0.2) is 52.1 Å². The van der Waals surface area contributed by atoms with Crippen LogP contribution >= 0.6 is 39.1 Å². The van der Waals surface area contributed by atoms with Gasteiger partial charge in [0.05, 0.1) is 16.8 Å². The topological polar surface area (TPSA) is 38.7 Å². The van der Waals surface area contributed by atoms with E-state index in [1.54, 1.807) is 6.07 Å². The Kier molecular flexibility index (Phi) is 5.17. The molecule has 3 nitrogen and oxygen atoms in total. The molecule has 0 aliphatic heterocycles. The second-order valence-corrected chi connectivity index (χ2v) is 5.55. The molecule has 0 saturated heterocycles. The number of nitrogens with zero attached hydrogens (tertiary/aromatic N) is 1. The Bertz CT molecular complexity index is 657. The molecule has 0 aliphatic rings. The molecule has 6 heteroatoms. The lowest BCUT2D eigenvalue weighted by molar-refractivity contribution is 0.0519. The van der Waals surface area contributed by atoms with Crippen molar-refractivity contribution in [2.45, 2.75) is 0 Å². The van der Waals surface area contributed by atoms with Gasteiger partial charge in [0.15, 0.2) is 0 Å². The second-order valence-electron chi connectivity index (χ2n) is 3.79. The van der Waals surface area contributed by atoms with Crippen LogP contribution in [0.1, 0.15) is 15.9 Å². The fourth-order valence-electron chi connectivity index (χ4n) is 1.39. The number of rotatable bonds is 3. The highest BCUT2D eigenvalue weighted by Crippen LogP contribution is 2.21. The predicted molar refractivity (Wildman–Crippen MR) is 83.6 cm³/mol. The molecule has 2 aromatic rings. The molecular formula is C14H8BrCl2NO2. The van der Waals surface area contributed by atoms with Crippen LogP contribution in [0.25, 0.3) is 0 Å². The van der Waals surface area contributed by atoms with Gasteiger partial charge in [-0.3, -0.25) is 0 Å². The summed E-state index contributed by atoms with van der Waals surface area (Å²) in [5.74, 6) is -0.639. The van der Waals surface area contributed by atoms with Gasteiger partial charge in [0.2, 0.25) is 0 Å². The molecule has 2 rings (SSSR count). The third-order valence-corrected chi connectivity index (χ3v) is 3.43. The highest BCUT2D eigenvalue weighted by molar-refractivity contribution is 9.10. The first-order valence-corrected chi connectivity index (χ1v) is 7.06. The number of carbonyl (C=O) groups excluding carboxylic acids is 1. The van der Waals surface area contributed by atoms with Crippen molar-refractivity contribution in [3.05, 3.63) is 68.1 Å². The zero-order valence-electron chi connectivity index (χ0n) is 10.0. The lowest BCUT2D eigenvalue weighted by Gasteiger charge is -2.01. The lowest BCUT2D eigenvalue weighted by atomic mass is 10.2. The fraction of sp³-hybridized carbons (Fsp3) is 0. The standard InChI is InChI=1S/C14H8BrCl2NO2/c15-10-3-1-9(2-4-10)8-18-20-14(19)12-6-5-11(16)7-13(12)17/h1-8H/b18-8+. The molecule has 0 atom stereocenters. The monoisotopic (exact) mass is 371 g/mol. The molecule has 0 N–H and O–H groups in total. The van der Waals surface area contributed by atoms with Gasteiger partial charge in [-0.25, -0.2) is 4.79 Å². The van der Waals surface area contributed by atoms with Crippen molar-refractivity contribution in [2.24, 2.45) is 5.16 Å². The fourth-order valence-corrected chi connectivity index (χ4v) is 2.14. The van der Waals surface area contributed by atoms with Crippen molar-refractivity contribution in [1.29, 1.82) is 0 Å². The van der Waals surface area contributed by atoms with Gasteiger partial charge in [-0.1, -0.05) is 56.4 Å². The third kappa shape index (κ3) is 4.07. The number of benzene rings is 2. The highest BCUT2D eigenvalue weighted by atomic mass is 79.9. The first-order valence-electron chi connectivity index (χ1n) is 5.51. The van der Waals surface area contributed by atoms with E-state index in [1.807, 2.05) is 24.3 Å². The lowest BCUT2D eigenvalue weighted by Crippen LogP contribution is -2.01. The summed E-state index contributed by atoms with van der Waals surface area (Å²) in [5, 5.41) is 4.30. The molecule has 0 amide bonds. The molecule has 0 unspecified atom stereocenters. The van der Waals surface area contributed by atoms with E-state index in [-0.39, 0.29) is 10.6 Å². The summed E-state index contributed by atoms with van der Waals surface area (Å²) in [4.78, 5) is 16.5. The SMILES string of the molecule is O=C(O/N=C/c1ccc(Br)cc1)c1ccc(Cl)cc1Cl. The minimum Gasteiger partial charge on any atom is -0.313 e. The van der Waals surface area contributed by atoms with Gasteiger partial charge < -0.3 is 4.84 Å². The molecule has 0 spiro atoms. The van der Waals surface area contributed by atoms with E-state index in [0.717, 1.165) is 10.0 Å². The quantitative estimate of drug-likeness (QED) is 0.434. The average molecular weight is 373 g/mol. The Balaban J connectivity index is 2.03. The second kappa shape index (κ2) is 6.88.